The zero-order chi connectivity index (χ0) is 17.8. The van der Waals surface area contributed by atoms with E-state index in [4.69, 9.17) is 0 Å². The first-order valence-corrected chi connectivity index (χ1v) is 8.36. The van der Waals surface area contributed by atoms with Crippen LogP contribution < -0.4 is 5.32 Å². The second-order valence-electron chi connectivity index (χ2n) is 6.32. The molecule has 0 spiro atoms. The van der Waals surface area contributed by atoms with Crippen LogP contribution in [0, 0.1) is 13.8 Å². The van der Waals surface area contributed by atoms with Gasteiger partial charge in [0.15, 0.2) is 0 Å². The van der Waals surface area contributed by atoms with E-state index in [1.165, 1.54) is 0 Å². The SMILES string of the molecule is Cc1nc(-c2cccc(C(=O)NC(C)Cc3cccnc3)c2)c(C)[nH]1. The second-order valence-corrected chi connectivity index (χ2v) is 6.32. The van der Waals surface area contributed by atoms with Crippen molar-refractivity contribution in [1.29, 1.82) is 0 Å². The van der Waals surface area contributed by atoms with Gasteiger partial charge in [0.2, 0.25) is 0 Å². The molecule has 2 aromatic heterocycles. The fraction of sp³-hybridized carbons (Fsp3) is 0.250. The molecule has 0 radical (unpaired) electrons. The minimum Gasteiger partial charge on any atom is -0.349 e. The molecule has 1 amide bonds. The lowest BCUT2D eigenvalue weighted by atomic mass is 10.1. The molecule has 0 bridgehead atoms. The highest BCUT2D eigenvalue weighted by Crippen LogP contribution is 2.22. The third-order valence-corrected chi connectivity index (χ3v) is 4.04. The van der Waals surface area contributed by atoms with Crippen LogP contribution in [0.2, 0.25) is 0 Å². The average molecular weight is 334 g/mol. The molecular formula is C20H22N4O. The molecule has 0 saturated heterocycles. The molecule has 3 aromatic rings. The molecule has 0 fully saturated rings. The van der Waals surface area contributed by atoms with E-state index >= 15 is 0 Å². The van der Waals surface area contributed by atoms with Gasteiger partial charge in [0.1, 0.15) is 5.82 Å². The molecule has 0 saturated carbocycles. The molecule has 1 atom stereocenters. The largest absolute Gasteiger partial charge is 0.349 e. The summed E-state index contributed by atoms with van der Waals surface area (Å²) in [4.78, 5) is 24.4. The molecule has 3 rings (SSSR count). The maximum atomic E-state index is 12.6. The molecule has 5 nitrogen and oxygen atoms in total. The van der Waals surface area contributed by atoms with Crippen molar-refractivity contribution >= 4 is 5.91 Å². The van der Waals surface area contributed by atoms with Crippen molar-refractivity contribution in [3.05, 3.63) is 71.4 Å². The highest BCUT2D eigenvalue weighted by Gasteiger charge is 2.13. The van der Waals surface area contributed by atoms with Crippen LogP contribution in [0.4, 0.5) is 0 Å². The number of nitrogens with zero attached hydrogens (tertiary/aromatic N) is 2. The fourth-order valence-corrected chi connectivity index (χ4v) is 2.93. The zero-order valence-corrected chi connectivity index (χ0v) is 14.7. The smallest absolute Gasteiger partial charge is 0.251 e. The van der Waals surface area contributed by atoms with Crippen molar-refractivity contribution < 1.29 is 4.79 Å². The van der Waals surface area contributed by atoms with E-state index < -0.39 is 0 Å². The Hall–Kier alpha value is -2.95. The van der Waals surface area contributed by atoms with Gasteiger partial charge in [-0.3, -0.25) is 9.78 Å². The summed E-state index contributed by atoms with van der Waals surface area (Å²) >= 11 is 0. The number of carbonyl (C=O) groups excluding carboxylic acids is 1. The molecule has 2 heterocycles. The highest BCUT2D eigenvalue weighted by atomic mass is 16.1. The number of aryl methyl sites for hydroxylation is 2. The number of H-pyrrole nitrogens is 1. The monoisotopic (exact) mass is 334 g/mol. The lowest BCUT2D eigenvalue weighted by Crippen LogP contribution is -2.34. The molecule has 0 aliphatic carbocycles. The summed E-state index contributed by atoms with van der Waals surface area (Å²) in [7, 11) is 0. The first kappa shape index (κ1) is 16.9. The van der Waals surface area contributed by atoms with Gasteiger partial charge in [-0.15, -0.1) is 0 Å². The van der Waals surface area contributed by atoms with Crippen LogP contribution in [0.3, 0.4) is 0 Å². The van der Waals surface area contributed by atoms with E-state index in [1.807, 2.05) is 63.4 Å². The number of aromatic nitrogens is 3. The van der Waals surface area contributed by atoms with Crippen LogP contribution >= 0.6 is 0 Å². The van der Waals surface area contributed by atoms with Gasteiger partial charge in [-0.1, -0.05) is 18.2 Å². The standard InChI is InChI=1S/C20H22N4O/c1-13(10-16-6-5-9-21-12-16)22-20(25)18-8-4-7-17(11-18)19-14(2)23-15(3)24-19/h4-9,11-13H,10H2,1-3H3,(H,22,25)(H,23,24). The number of aromatic amines is 1. The summed E-state index contributed by atoms with van der Waals surface area (Å²) in [5, 5.41) is 3.05. The van der Waals surface area contributed by atoms with Gasteiger partial charge in [-0.25, -0.2) is 4.98 Å². The number of carbonyl (C=O) groups is 1. The van der Waals surface area contributed by atoms with Gasteiger partial charge in [0.05, 0.1) is 5.69 Å². The number of pyridine rings is 1. The zero-order valence-electron chi connectivity index (χ0n) is 14.7. The summed E-state index contributed by atoms with van der Waals surface area (Å²) in [6.45, 7) is 5.90. The first-order chi connectivity index (χ1) is 12.0. The summed E-state index contributed by atoms with van der Waals surface area (Å²) < 4.78 is 0. The van der Waals surface area contributed by atoms with Crippen molar-refractivity contribution in [2.24, 2.45) is 0 Å². The molecular weight excluding hydrogens is 312 g/mol. The topological polar surface area (TPSA) is 70.7 Å². The Morgan fingerprint density at radius 2 is 2.08 bits per heavy atom. The van der Waals surface area contributed by atoms with Crippen LogP contribution in [-0.4, -0.2) is 26.9 Å². The number of amides is 1. The van der Waals surface area contributed by atoms with Crippen LogP contribution in [0.5, 0.6) is 0 Å². The van der Waals surface area contributed by atoms with Gasteiger partial charge in [-0.2, -0.15) is 0 Å². The lowest BCUT2D eigenvalue weighted by Gasteiger charge is -2.14. The van der Waals surface area contributed by atoms with Crippen molar-refractivity contribution in [2.75, 3.05) is 0 Å². The van der Waals surface area contributed by atoms with E-state index in [-0.39, 0.29) is 11.9 Å². The average Bonchev–Trinajstić information content (AvgIpc) is 2.94. The maximum absolute atomic E-state index is 12.6. The second kappa shape index (κ2) is 7.30. The molecule has 1 unspecified atom stereocenters. The van der Waals surface area contributed by atoms with Gasteiger partial charge in [0, 0.05) is 35.3 Å². The quantitative estimate of drug-likeness (QED) is 0.751. The van der Waals surface area contributed by atoms with Crippen LogP contribution in [-0.2, 0) is 6.42 Å². The predicted molar refractivity (Wildman–Crippen MR) is 98.4 cm³/mol. The first-order valence-electron chi connectivity index (χ1n) is 8.36. The maximum Gasteiger partial charge on any atom is 0.251 e. The predicted octanol–water partition coefficient (Wildman–Crippen LogP) is 3.45. The normalized spacial score (nSPS) is 12.0. The number of hydrogen-bond donors (Lipinski definition) is 2. The fourth-order valence-electron chi connectivity index (χ4n) is 2.93. The Kier molecular flexibility index (Phi) is 4.93. The molecule has 128 valence electrons. The molecule has 5 heteroatoms. The van der Waals surface area contributed by atoms with Gasteiger partial charge < -0.3 is 10.3 Å². The summed E-state index contributed by atoms with van der Waals surface area (Å²) in [6, 6.07) is 11.5. The third-order valence-electron chi connectivity index (χ3n) is 4.04. The molecule has 2 N–H and O–H groups in total. The number of benzene rings is 1. The van der Waals surface area contributed by atoms with Gasteiger partial charge in [0.25, 0.3) is 5.91 Å². The number of rotatable bonds is 5. The van der Waals surface area contributed by atoms with E-state index in [0.29, 0.717) is 5.56 Å². The van der Waals surface area contributed by atoms with Crippen molar-refractivity contribution in [3.8, 4) is 11.3 Å². The van der Waals surface area contributed by atoms with Gasteiger partial charge >= 0.3 is 0 Å². The van der Waals surface area contributed by atoms with Crippen LogP contribution in [0.25, 0.3) is 11.3 Å². The Balaban J connectivity index is 1.72. The van der Waals surface area contributed by atoms with Gasteiger partial charge in [-0.05, 0) is 51.0 Å². The summed E-state index contributed by atoms with van der Waals surface area (Å²) in [5.74, 6) is 0.788. The van der Waals surface area contributed by atoms with Crippen LogP contribution in [0.1, 0.15) is 34.4 Å². The van der Waals surface area contributed by atoms with Crippen molar-refractivity contribution in [1.82, 2.24) is 20.3 Å². The van der Waals surface area contributed by atoms with Crippen molar-refractivity contribution in [3.63, 3.8) is 0 Å². The number of hydrogen-bond acceptors (Lipinski definition) is 3. The molecule has 25 heavy (non-hydrogen) atoms. The van der Waals surface area contributed by atoms with E-state index in [2.05, 4.69) is 20.3 Å². The number of nitrogens with one attached hydrogen (secondary N) is 2. The highest BCUT2D eigenvalue weighted by molar-refractivity contribution is 5.95. The summed E-state index contributed by atoms with van der Waals surface area (Å²) in [5.41, 5.74) is 4.56. The van der Waals surface area contributed by atoms with E-state index in [1.54, 1.807) is 6.20 Å². The lowest BCUT2D eigenvalue weighted by molar-refractivity contribution is 0.0940. The summed E-state index contributed by atoms with van der Waals surface area (Å²) in [6.07, 6.45) is 4.32. The molecule has 1 aromatic carbocycles. The minimum absolute atomic E-state index is 0.0229. The molecule has 0 aliphatic heterocycles. The van der Waals surface area contributed by atoms with E-state index in [0.717, 1.165) is 34.8 Å². The van der Waals surface area contributed by atoms with Crippen LogP contribution in [0.15, 0.2) is 48.8 Å². The Morgan fingerprint density at radius 1 is 1.24 bits per heavy atom. The number of imidazole rings is 1. The molecule has 0 aliphatic rings. The van der Waals surface area contributed by atoms with Crippen molar-refractivity contribution in [2.45, 2.75) is 33.2 Å². The van der Waals surface area contributed by atoms with E-state index in [9.17, 15) is 4.79 Å². The third kappa shape index (κ3) is 4.12. The minimum atomic E-state index is -0.0804. The Bertz CT molecular complexity index is 870. The Morgan fingerprint density at radius 3 is 2.76 bits per heavy atom. The Labute approximate surface area is 147 Å².